The Balaban J connectivity index is 1.77. The summed E-state index contributed by atoms with van der Waals surface area (Å²) in [4.78, 5) is 38.3. The molecular weight excluding hydrogens is 426 g/mol. The van der Waals surface area contributed by atoms with Gasteiger partial charge in [0, 0.05) is 40.8 Å². The molecule has 34 heavy (non-hydrogen) atoms. The first kappa shape index (κ1) is 22.8. The molecule has 2 aromatic heterocycles. The molecule has 0 saturated heterocycles. The van der Waals surface area contributed by atoms with Gasteiger partial charge < -0.3 is 11.1 Å². The molecule has 4 aromatic rings. The molecular formula is C27H25N5O2. The lowest BCUT2D eigenvalue weighted by atomic mass is 9.94. The van der Waals surface area contributed by atoms with Gasteiger partial charge in [0.2, 0.25) is 5.91 Å². The minimum absolute atomic E-state index is 0.264. The number of carbonyl (C=O) groups excluding carboxylic acids is 2. The van der Waals surface area contributed by atoms with Crippen LogP contribution >= 0.6 is 0 Å². The lowest BCUT2D eigenvalue weighted by molar-refractivity contribution is 0.0939. The third kappa shape index (κ3) is 4.99. The van der Waals surface area contributed by atoms with Crippen LogP contribution in [0, 0.1) is 13.8 Å². The molecule has 4 rings (SSSR count). The number of nitrogens with one attached hydrogen (secondary N) is 1. The molecule has 0 aliphatic rings. The number of pyridine rings is 1. The van der Waals surface area contributed by atoms with Gasteiger partial charge in [0.25, 0.3) is 5.91 Å². The molecule has 0 bridgehead atoms. The zero-order chi connectivity index (χ0) is 24.2. The zero-order valence-electron chi connectivity index (χ0n) is 19.2. The highest BCUT2D eigenvalue weighted by atomic mass is 16.2. The van der Waals surface area contributed by atoms with Crippen molar-refractivity contribution >= 4 is 11.8 Å². The molecule has 1 atom stereocenters. The molecule has 7 heteroatoms. The van der Waals surface area contributed by atoms with Crippen LogP contribution in [0.4, 0.5) is 0 Å². The molecule has 0 fully saturated rings. The van der Waals surface area contributed by atoms with Gasteiger partial charge in [-0.1, -0.05) is 24.3 Å². The van der Waals surface area contributed by atoms with E-state index in [9.17, 15) is 9.59 Å². The second-order valence-corrected chi connectivity index (χ2v) is 8.19. The number of hydrogen-bond donors (Lipinski definition) is 2. The van der Waals surface area contributed by atoms with Gasteiger partial charge in [-0.3, -0.25) is 14.6 Å². The highest BCUT2D eigenvalue weighted by molar-refractivity contribution is 6.02. The average Bonchev–Trinajstić information content (AvgIpc) is 2.84. The third-order valence-electron chi connectivity index (χ3n) is 5.55. The zero-order valence-corrected chi connectivity index (χ0v) is 19.2. The predicted octanol–water partition coefficient (Wildman–Crippen LogP) is 4.41. The third-order valence-corrected chi connectivity index (χ3v) is 5.55. The van der Waals surface area contributed by atoms with Gasteiger partial charge in [-0.15, -0.1) is 0 Å². The number of amides is 2. The second-order valence-electron chi connectivity index (χ2n) is 8.19. The van der Waals surface area contributed by atoms with Gasteiger partial charge in [0.15, 0.2) is 0 Å². The Kier molecular flexibility index (Phi) is 6.45. The first-order valence-electron chi connectivity index (χ1n) is 10.9. The number of aromatic nitrogens is 3. The van der Waals surface area contributed by atoms with Gasteiger partial charge in [-0.25, -0.2) is 9.97 Å². The molecule has 0 saturated carbocycles. The summed E-state index contributed by atoms with van der Waals surface area (Å²) in [6.45, 7) is 5.65. The summed E-state index contributed by atoms with van der Waals surface area (Å²) >= 11 is 0. The van der Waals surface area contributed by atoms with Crippen molar-refractivity contribution in [1.82, 2.24) is 20.3 Å². The number of nitrogens with zero attached hydrogens (tertiary/aromatic N) is 3. The topological polar surface area (TPSA) is 111 Å². The van der Waals surface area contributed by atoms with Crippen LogP contribution in [0.1, 0.15) is 50.6 Å². The van der Waals surface area contributed by atoms with E-state index in [0.717, 1.165) is 22.4 Å². The monoisotopic (exact) mass is 451 g/mol. The molecule has 2 aromatic carbocycles. The van der Waals surface area contributed by atoms with E-state index in [-0.39, 0.29) is 11.9 Å². The van der Waals surface area contributed by atoms with Gasteiger partial charge in [0.05, 0.1) is 11.7 Å². The lowest BCUT2D eigenvalue weighted by Gasteiger charge is -2.16. The summed E-state index contributed by atoms with van der Waals surface area (Å²) in [5.41, 5.74) is 11.1. The Morgan fingerprint density at radius 1 is 0.882 bits per heavy atom. The van der Waals surface area contributed by atoms with Gasteiger partial charge in [0.1, 0.15) is 5.82 Å². The highest BCUT2D eigenvalue weighted by Gasteiger charge is 2.17. The number of nitrogens with two attached hydrogens (primary N) is 1. The van der Waals surface area contributed by atoms with E-state index in [1.54, 1.807) is 42.9 Å². The Morgan fingerprint density at radius 2 is 1.59 bits per heavy atom. The summed E-state index contributed by atoms with van der Waals surface area (Å²) in [5.74, 6) is -0.133. The maximum Gasteiger partial charge on any atom is 0.251 e. The number of hydrogen-bond acceptors (Lipinski definition) is 5. The summed E-state index contributed by atoms with van der Waals surface area (Å²) in [6, 6.07) is 16.1. The van der Waals surface area contributed by atoms with Crippen molar-refractivity contribution in [3.8, 4) is 22.4 Å². The quantitative estimate of drug-likeness (QED) is 0.451. The fraction of sp³-hybridized carbons (Fsp3) is 0.148. The van der Waals surface area contributed by atoms with Crippen molar-refractivity contribution in [3.63, 3.8) is 0 Å². The lowest BCUT2D eigenvalue weighted by Crippen LogP contribution is -2.27. The first-order valence-corrected chi connectivity index (χ1v) is 10.9. The van der Waals surface area contributed by atoms with Gasteiger partial charge >= 0.3 is 0 Å². The molecule has 0 radical (unpaired) electrons. The van der Waals surface area contributed by atoms with Crippen LogP contribution in [-0.2, 0) is 0 Å². The van der Waals surface area contributed by atoms with Crippen LogP contribution in [0.2, 0.25) is 0 Å². The van der Waals surface area contributed by atoms with E-state index in [4.69, 9.17) is 5.73 Å². The van der Waals surface area contributed by atoms with Crippen molar-refractivity contribution in [2.24, 2.45) is 5.73 Å². The minimum Gasteiger partial charge on any atom is -0.366 e. The van der Waals surface area contributed by atoms with Crippen LogP contribution in [-0.4, -0.2) is 26.8 Å². The maximum absolute atomic E-state index is 13.3. The van der Waals surface area contributed by atoms with Crippen LogP contribution in [0.25, 0.3) is 22.4 Å². The van der Waals surface area contributed by atoms with Crippen LogP contribution < -0.4 is 11.1 Å². The molecule has 3 N–H and O–H groups in total. The van der Waals surface area contributed by atoms with Crippen LogP contribution in [0.15, 0.2) is 73.2 Å². The smallest absolute Gasteiger partial charge is 0.251 e. The highest BCUT2D eigenvalue weighted by Crippen LogP contribution is 2.30. The largest absolute Gasteiger partial charge is 0.366 e. The van der Waals surface area contributed by atoms with Gasteiger partial charge in [-0.2, -0.15) is 0 Å². The van der Waals surface area contributed by atoms with E-state index in [1.165, 1.54) is 0 Å². The molecule has 2 heterocycles. The fourth-order valence-electron chi connectivity index (χ4n) is 3.64. The molecule has 7 nitrogen and oxygen atoms in total. The molecule has 0 aliphatic heterocycles. The van der Waals surface area contributed by atoms with E-state index >= 15 is 0 Å². The number of aryl methyl sites for hydroxylation is 2. The van der Waals surface area contributed by atoms with Crippen LogP contribution in [0.5, 0.6) is 0 Å². The SMILES string of the molecule is Cc1ccc(-c2cc(C(=O)N[C@H](C)c3cnc(C)nc3)cc(-c3ccccc3C(N)=O)c2)nc1. The van der Waals surface area contributed by atoms with Gasteiger partial charge in [-0.05, 0) is 67.8 Å². The standard InChI is InChI=1S/C27H25N5O2/c1-16-8-9-25(31-13-16)20-10-19(23-6-4-5-7-24(23)26(28)33)11-21(12-20)27(34)32-17(2)22-14-29-18(3)30-15-22/h4-15,17H,1-3H3,(H2,28,33)(H,32,34)/t17-/m1/s1. The number of rotatable bonds is 6. The fourth-order valence-corrected chi connectivity index (χ4v) is 3.64. The average molecular weight is 452 g/mol. The number of primary amides is 1. The van der Waals surface area contributed by atoms with Crippen LogP contribution in [0.3, 0.4) is 0 Å². The summed E-state index contributed by atoms with van der Waals surface area (Å²) in [5, 5.41) is 3.00. The van der Waals surface area contributed by atoms with E-state index in [2.05, 4.69) is 20.3 Å². The van der Waals surface area contributed by atoms with Crippen molar-refractivity contribution in [2.75, 3.05) is 0 Å². The Morgan fingerprint density at radius 3 is 2.26 bits per heavy atom. The van der Waals surface area contributed by atoms with E-state index in [0.29, 0.717) is 28.1 Å². The summed E-state index contributed by atoms with van der Waals surface area (Å²) < 4.78 is 0. The number of benzene rings is 2. The molecule has 0 unspecified atom stereocenters. The Bertz CT molecular complexity index is 1350. The Labute approximate surface area is 198 Å². The maximum atomic E-state index is 13.3. The van der Waals surface area contributed by atoms with Crippen molar-refractivity contribution in [2.45, 2.75) is 26.8 Å². The van der Waals surface area contributed by atoms with Crippen molar-refractivity contribution in [3.05, 3.63) is 101 Å². The normalized spacial score (nSPS) is 11.6. The summed E-state index contributed by atoms with van der Waals surface area (Å²) in [7, 11) is 0. The minimum atomic E-state index is -0.534. The van der Waals surface area contributed by atoms with E-state index in [1.807, 2.05) is 51.1 Å². The number of carbonyl (C=O) groups is 2. The molecule has 170 valence electrons. The van der Waals surface area contributed by atoms with E-state index < -0.39 is 5.91 Å². The van der Waals surface area contributed by atoms with Crippen molar-refractivity contribution in [1.29, 1.82) is 0 Å². The Hall–Kier alpha value is -4.39. The predicted molar refractivity (Wildman–Crippen MR) is 131 cm³/mol. The first-order chi connectivity index (χ1) is 16.3. The second kappa shape index (κ2) is 9.62. The summed E-state index contributed by atoms with van der Waals surface area (Å²) in [6.07, 6.45) is 5.18. The molecule has 2 amide bonds. The molecule has 0 aliphatic carbocycles. The van der Waals surface area contributed by atoms with Crippen molar-refractivity contribution < 1.29 is 9.59 Å². The molecule has 0 spiro atoms.